The maximum Gasteiger partial charge on any atom is 0.375 e. The molecule has 0 saturated carbocycles. The van der Waals surface area contributed by atoms with Gasteiger partial charge in [-0.05, 0) is 26.3 Å². The summed E-state index contributed by atoms with van der Waals surface area (Å²) in [5.41, 5.74) is 1.37. The van der Waals surface area contributed by atoms with Crippen molar-refractivity contribution in [3.8, 4) is 0 Å². The Morgan fingerprint density at radius 3 is 3.07 bits per heavy atom. The van der Waals surface area contributed by atoms with Crippen LogP contribution in [-0.4, -0.2) is 22.8 Å². The summed E-state index contributed by atoms with van der Waals surface area (Å²) in [6.45, 7) is 2.69. The average molecular weight is 196 g/mol. The Bertz CT molecular complexity index is 353. The lowest BCUT2D eigenvalue weighted by molar-refractivity contribution is 0.0649. The highest BCUT2D eigenvalue weighted by atomic mass is 16.5. The maximum atomic E-state index is 10.8. The minimum absolute atomic E-state index is 0.0260. The zero-order valence-electron chi connectivity index (χ0n) is 7.91. The van der Waals surface area contributed by atoms with Gasteiger partial charge in [0.1, 0.15) is 0 Å². The second-order valence-corrected chi connectivity index (χ2v) is 3.46. The Labute approximate surface area is 81.1 Å². The Morgan fingerprint density at radius 2 is 2.50 bits per heavy atom. The first kappa shape index (κ1) is 9.21. The fraction of sp³-hybridized carbons (Fsp3) is 0.556. The monoisotopic (exact) mass is 196 g/mol. The van der Waals surface area contributed by atoms with Crippen LogP contribution in [-0.2, 0) is 0 Å². The molecule has 0 aromatic carbocycles. The number of hydrogen-bond donors (Lipinski definition) is 2. The number of carbonyl (C=O) groups is 1. The molecule has 1 fully saturated rings. The van der Waals surface area contributed by atoms with Crippen LogP contribution in [0.2, 0.25) is 0 Å². The molecule has 1 aromatic heterocycles. The van der Waals surface area contributed by atoms with Gasteiger partial charge in [-0.2, -0.15) is 0 Å². The molecule has 2 rings (SSSR count). The van der Waals surface area contributed by atoms with E-state index in [1.807, 2.05) is 0 Å². The second-order valence-electron chi connectivity index (χ2n) is 3.46. The number of aryl methyl sites for hydroxylation is 1. The van der Waals surface area contributed by atoms with Crippen LogP contribution >= 0.6 is 0 Å². The van der Waals surface area contributed by atoms with E-state index in [2.05, 4.69) is 10.5 Å². The zero-order chi connectivity index (χ0) is 10.1. The number of rotatable bonds is 2. The summed E-state index contributed by atoms with van der Waals surface area (Å²) in [5.74, 6) is -1.07. The number of carboxylic acids is 1. The zero-order valence-corrected chi connectivity index (χ0v) is 7.91. The molecule has 76 valence electrons. The van der Waals surface area contributed by atoms with Gasteiger partial charge in [0.15, 0.2) is 0 Å². The van der Waals surface area contributed by atoms with Crippen LogP contribution in [0.1, 0.15) is 40.7 Å². The smallest absolute Gasteiger partial charge is 0.375 e. The Kier molecular flexibility index (Phi) is 2.25. The highest BCUT2D eigenvalue weighted by Crippen LogP contribution is 2.28. The number of nitrogens with one attached hydrogen (secondary N) is 1. The molecule has 14 heavy (non-hydrogen) atoms. The summed E-state index contributed by atoms with van der Waals surface area (Å²) in [6.07, 6.45) is 2.01. The van der Waals surface area contributed by atoms with Crippen LogP contribution in [0.25, 0.3) is 0 Å². The molecule has 1 aliphatic rings. The normalized spacial score (nSPS) is 21.4. The van der Waals surface area contributed by atoms with E-state index in [-0.39, 0.29) is 11.8 Å². The van der Waals surface area contributed by atoms with Crippen LogP contribution in [0.3, 0.4) is 0 Å². The van der Waals surface area contributed by atoms with Crippen LogP contribution in [0, 0.1) is 6.92 Å². The maximum absolute atomic E-state index is 10.8. The molecule has 2 heterocycles. The summed E-state index contributed by atoms with van der Waals surface area (Å²) >= 11 is 0. The summed E-state index contributed by atoms with van der Waals surface area (Å²) in [5, 5.41) is 15.8. The number of hydrogen-bond acceptors (Lipinski definition) is 4. The highest BCUT2D eigenvalue weighted by molar-refractivity contribution is 5.86. The van der Waals surface area contributed by atoms with E-state index >= 15 is 0 Å². The SMILES string of the molecule is Cc1noc(C(=O)O)c1C1CCCN1. The largest absolute Gasteiger partial charge is 0.475 e. The fourth-order valence-electron chi connectivity index (χ4n) is 1.87. The first-order valence-corrected chi connectivity index (χ1v) is 4.63. The van der Waals surface area contributed by atoms with Gasteiger partial charge >= 0.3 is 5.97 Å². The Hall–Kier alpha value is -1.36. The molecule has 5 nitrogen and oxygen atoms in total. The van der Waals surface area contributed by atoms with Crippen LogP contribution < -0.4 is 5.32 Å². The lowest BCUT2D eigenvalue weighted by Gasteiger charge is -2.08. The highest BCUT2D eigenvalue weighted by Gasteiger charge is 2.28. The molecule has 0 aliphatic carbocycles. The molecule has 0 radical (unpaired) electrons. The van der Waals surface area contributed by atoms with Crippen LogP contribution in [0.15, 0.2) is 4.52 Å². The second kappa shape index (κ2) is 3.42. The Morgan fingerprint density at radius 1 is 1.71 bits per heavy atom. The molecule has 1 atom stereocenters. The number of nitrogens with zero attached hydrogens (tertiary/aromatic N) is 1. The lowest BCUT2D eigenvalue weighted by atomic mass is 10.0. The standard InChI is InChI=1S/C9H12N2O3/c1-5-7(6-3-2-4-10-6)8(9(12)13)14-11-5/h6,10H,2-4H2,1H3,(H,12,13). The topological polar surface area (TPSA) is 75.4 Å². The molecule has 1 unspecified atom stereocenters. The molecule has 5 heteroatoms. The van der Waals surface area contributed by atoms with Crippen molar-refractivity contribution >= 4 is 5.97 Å². The van der Waals surface area contributed by atoms with Crippen LogP contribution in [0.5, 0.6) is 0 Å². The van der Waals surface area contributed by atoms with Crippen molar-refractivity contribution in [1.82, 2.24) is 10.5 Å². The van der Waals surface area contributed by atoms with E-state index in [0.717, 1.165) is 19.4 Å². The van der Waals surface area contributed by atoms with Crippen molar-refractivity contribution in [3.63, 3.8) is 0 Å². The summed E-state index contributed by atoms with van der Waals surface area (Å²) < 4.78 is 4.78. The third kappa shape index (κ3) is 1.39. The number of aromatic carboxylic acids is 1. The van der Waals surface area contributed by atoms with Crippen molar-refractivity contribution in [2.45, 2.75) is 25.8 Å². The van der Waals surface area contributed by atoms with Crippen molar-refractivity contribution in [1.29, 1.82) is 0 Å². The van der Waals surface area contributed by atoms with Gasteiger partial charge in [0.25, 0.3) is 0 Å². The Balaban J connectivity index is 2.38. The number of carboxylic acid groups (broad SMARTS) is 1. The van der Waals surface area contributed by atoms with Gasteiger partial charge in [0.05, 0.1) is 5.69 Å². The molecule has 0 amide bonds. The van der Waals surface area contributed by atoms with E-state index < -0.39 is 5.97 Å². The van der Waals surface area contributed by atoms with E-state index in [9.17, 15) is 4.79 Å². The van der Waals surface area contributed by atoms with Gasteiger partial charge in [-0.3, -0.25) is 0 Å². The molecule has 0 spiro atoms. The molecular weight excluding hydrogens is 184 g/mol. The molecular formula is C9H12N2O3. The molecule has 0 bridgehead atoms. The first-order chi connectivity index (χ1) is 6.70. The third-order valence-corrected chi connectivity index (χ3v) is 2.51. The molecule has 2 N–H and O–H groups in total. The molecule has 1 saturated heterocycles. The summed E-state index contributed by atoms with van der Waals surface area (Å²) in [6, 6.07) is 0.0901. The van der Waals surface area contributed by atoms with E-state index in [0.29, 0.717) is 11.3 Å². The van der Waals surface area contributed by atoms with Gasteiger partial charge in [-0.15, -0.1) is 0 Å². The minimum atomic E-state index is -1.05. The fourth-order valence-corrected chi connectivity index (χ4v) is 1.87. The van der Waals surface area contributed by atoms with E-state index in [1.54, 1.807) is 6.92 Å². The minimum Gasteiger partial charge on any atom is -0.475 e. The van der Waals surface area contributed by atoms with Gasteiger partial charge in [0.2, 0.25) is 5.76 Å². The van der Waals surface area contributed by atoms with Gasteiger partial charge in [0, 0.05) is 11.6 Å². The van der Waals surface area contributed by atoms with Gasteiger partial charge in [-0.25, -0.2) is 4.79 Å². The van der Waals surface area contributed by atoms with E-state index in [4.69, 9.17) is 9.63 Å². The van der Waals surface area contributed by atoms with Crippen molar-refractivity contribution < 1.29 is 14.4 Å². The van der Waals surface area contributed by atoms with Crippen LogP contribution in [0.4, 0.5) is 0 Å². The quantitative estimate of drug-likeness (QED) is 0.740. The predicted octanol–water partition coefficient (Wildman–Crippen LogP) is 1.11. The van der Waals surface area contributed by atoms with Crippen molar-refractivity contribution in [2.24, 2.45) is 0 Å². The number of aromatic nitrogens is 1. The summed E-state index contributed by atoms with van der Waals surface area (Å²) in [7, 11) is 0. The van der Waals surface area contributed by atoms with Crippen molar-refractivity contribution in [2.75, 3.05) is 6.54 Å². The van der Waals surface area contributed by atoms with Crippen molar-refractivity contribution in [3.05, 3.63) is 17.0 Å². The average Bonchev–Trinajstić information content (AvgIpc) is 2.71. The van der Waals surface area contributed by atoms with Gasteiger partial charge in [-0.1, -0.05) is 5.16 Å². The van der Waals surface area contributed by atoms with Gasteiger partial charge < -0.3 is 14.9 Å². The summed E-state index contributed by atoms with van der Waals surface area (Å²) in [4.78, 5) is 10.8. The van der Waals surface area contributed by atoms with E-state index in [1.165, 1.54) is 0 Å². The first-order valence-electron chi connectivity index (χ1n) is 4.63. The lowest BCUT2D eigenvalue weighted by Crippen LogP contribution is -2.16. The molecule has 1 aromatic rings. The predicted molar refractivity (Wildman–Crippen MR) is 48.2 cm³/mol. The third-order valence-electron chi connectivity index (χ3n) is 2.51. The molecule has 1 aliphatic heterocycles.